The Morgan fingerprint density at radius 2 is 2.12 bits per heavy atom. The van der Waals surface area contributed by atoms with Gasteiger partial charge < -0.3 is 20.6 Å². The topological polar surface area (TPSA) is 90.4 Å². The number of anilines is 3. The SMILES string of the molecule is O=C(CNc1cc(N2CCCC2CO)ncn1)Nc1ccc(Cl)cc1. The number of benzene rings is 1. The molecule has 2 heterocycles. The molecule has 1 unspecified atom stereocenters. The van der Waals surface area contributed by atoms with Crippen LogP contribution in [0.25, 0.3) is 0 Å². The van der Waals surface area contributed by atoms with Crippen molar-refractivity contribution >= 4 is 34.8 Å². The maximum absolute atomic E-state index is 12.0. The van der Waals surface area contributed by atoms with E-state index in [1.807, 2.05) is 0 Å². The van der Waals surface area contributed by atoms with E-state index in [4.69, 9.17) is 11.6 Å². The molecule has 25 heavy (non-hydrogen) atoms. The van der Waals surface area contributed by atoms with Gasteiger partial charge in [-0.1, -0.05) is 11.6 Å². The summed E-state index contributed by atoms with van der Waals surface area (Å²) in [6.45, 7) is 1.05. The molecular formula is C17H20ClN5O2. The van der Waals surface area contributed by atoms with Crippen molar-refractivity contribution in [2.24, 2.45) is 0 Å². The fraction of sp³-hybridized carbons (Fsp3) is 0.353. The Labute approximate surface area is 151 Å². The van der Waals surface area contributed by atoms with Crippen molar-refractivity contribution in [2.75, 3.05) is 35.2 Å². The fourth-order valence-corrected chi connectivity index (χ4v) is 2.96. The van der Waals surface area contributed by atoms with Gasteiger partial charge in [0.15, 0.2) is 0 Å². The van der Waals surface area contributed by atoms with Crippen LogP contribution in [0.1, 0.15) is 12.8 Å². The molecule has 0 aliphatic carbocycles. The molecule has 2 aromatic rings. The molecular weight excluding hydrogens is 342 g/mol. The minimum absolute atomic E-state index is 0.0858. The first-order valence-electron chi connectivity index (χ1n) is 8.14. The molecule has 1 amide bonds. The maximum atomic E-state index is 12.0. The molecule has 1 atom stereocenters. The van der Waals surface area contributed by atoms with Gasteiger partial charge in [-0.3, -0.25) is 4.79 Å². The Balaban J connectivity index is 1.57. The minimum Gasteiger partial charge on any atom is -0.394 e. The predicted octanol–water partition coefficient (Wildman–Crippen LogP) is 2.14. The van der Waals surface area contributed by atoms with Gasteiger partial charge in [0.1, 0.15) is 18.0 Å². The standard InChI is InChI=1S/C17H20ClN5O2/c18-12-3-5-13(6-4-12)22-17(25)9-19-15-8-16(21-11-20-15)23-7-1-2-14(23)10-24/h3-6,8,11,14,24H,1-2,7,9-10H2,(H,22,25)(H,19,20,21). The van der Waals surface area contributed by atoms with E-state index >= 15 is 0 Å². The molecule has 1 saturated heterocycles. The van der Waals surface area contributed by atoms with Crippen molar-refractivity contribution in [2.45, 2.75) is 18.9 Å². The van der Waals surface area contributed by atoms with E-state index < -0.39 is 0 Å². The van der Waals surface area contributed by atoms with Gasteiger partial charge in [0.2, 0.25) is 5.91 Å². The van der Waals surface area contributed by atoms with Crippen LogP contribution in [0, 0.1) is 0 Å². The molecule has 1 aliphatic heterocycles. The molecule has 132 valence electrons. The van der Waals surface area contributed by atoms with Gasteiger partial charge in [-0.05, 0) is 37.1 Å². The molecule has 1 aromatic carbocycles. The molecule has 0 saturated carbocycles. The smallest absolute Gasteiger partial charge is 0.243 e. The zero-order chi connectivity index (χ0) is 17.6. The van der Waals surface area contributed by atoms with Crippen LogP contribution in [-0.4, -0.2) is 46.7 Å². The summed E-state index contributed by atoms with van der Waals surface area (Å²) in [5, 5.41) is 15.8. The van der Waals surface area contributed by atoms with Crippen LogP contribution in [0.3, 0.4) is 0 Å². The van der Waals surface area contributed by atoms with Crippen LogP contribution in [0.4, 0.5) is 17.3 Å². The molecule has 0 spiro atoms. The van der Waals surface area contributed by atoms with E-state index in [1.54, 1.807) is 30.3 Å². The van der Waals surface area contributed by atoms with Crippen LogP contribution in [0.5, 0.6) is 0 Å². The van der Waals surface area contributed by atoms with Gasteiger partial charge >= 0.3 is 0 Å². The summed E-state index contributed by atoms with van der Waals surface area (Å²) in [5.74, 6) is 1.14. The average Bonchev–Trinajstić information content (AvgIpc) is 3.11. The Bertz CT molecular complexity index is 725. The zero-order valence-corrected chi connectivity index (χ0v) is 14.4. The minimum atomic E-state index is -0.183. The number of amides is 1. The molecule has 3 rings (SSSR count). The zero-order valence-electron chi connectivity index (χ0n) is 13.7. The van der Waals surface area contributed by atoms with Crippen LogP contribution in [0.15, 0.2) is 36.7 Å². The lowest BCUT2D eigenvalue weighted by atomic mass is 10.2. The van der Waals surface area contributed by atoms with Gasteiger partial charge in [-0.25, -0.2) is 9.97 Å². The average molecular weight is 362 g/mol. The number of rotatable bonds is 6. The Morgan fingerprint density at radius 3 is 2.88 bits per heavy atom. The third kappa shape index (κ3) is 4.58. The normalized spacial score (nSPS) is 16.7. The highest BCUT2D eigenvalue weighted by atomic mass is 35.5. The second kappa shape index (κ2) is 8.13. The number of aromatic nitrogens is 2. The van der Waals surface area contributed by atoms with Crippen LogP contribution in [0.2, 0.25) is 5.02 Å². The van der Waals surface area contributed by atoms with Crippen molar-refractivity contribution in [3.05, 3.63) is 41.7 Å². The Hall–Kier alpha value is -2.38. The second-order valence-corrected chi connectivity index (χ2v) is 6.28. The van der Waals surface area contributed by atoms with Crippen LogP contribution in [-0.2, 0) is 4.79 Å². The summed E-state index contributed by atoms with van der Waals surface area (Å²) in [5.41, 5.74) is 0.683. The number of nitrogens with zero attached hydrogens (tertiary/aromatic N) is 3. The lowest BCUT2D eigenvalue weighted by molar-refractivity contribution is -0.114. The Morgan fingerprint density at radius 1 is 1.32 bits per heavy atom. The summed E-state index contributed by atoms with van der Waals surface area (Å²) < 4.78 is 0. The first-order valence-corrected chi connectivity index (χ1v) is 8.52. The van der Waals surface area contributed by atoms with Crippen molar-refractivity contribution in [3.8, 4) is 0 Å². The largest absolute Gasteiger partial charge is 0.394 e. The third-order valence-corrected chi connectivity index (χ3v) is 4.34. The molecule has 8 heteroatoms. The molecule has 0 radical (unpaired) electrons. The monoisotopic (exact) mass is 361 g/mol. The Kier molecular flexibility index (Phi) is 5.67. The van der Waals surface area contributed by atoms with Crippen molar-refractivity contribution in [3.63, 3.8) is 0 Å². The quantitative estimate of drug-likeness (QED) is 0.730. The lowest BCUT2D eigenvalue weighted by Gasteiger charge is -2.24. The summed E-state index contributed by atoms with van der Waals surface area (Å²) in [7, 11) is 0. The summed E-state index contributed by atoms with van der Waals surface area (Å²) >= 11 is 5.82. The van der Waals surface area contributed by atoms with Crippen molar-refractivity contribution < 1.29 is 9.90 Å². The third-order valence-electron chi connectivity index (χ3n) is 4.09. The highest BCUT2D eigenvalue weighted by molar-refractivity contribution is 6.30. The summed E-state index contributed by atoms with van der Waals surface area (Å²) in [6.07, 6.45) is 3.44. The summed E-state index contributed by atoms with van der Waals surface area (Å²) in [4.78, 5) is 22.5. The lowest BCUT2D eigenvalue weighted by Crippen LogP contribution is -2.32. The molecule has 1 fully saturated rings. The number of aliphatic hydroxyl groups excluding tert-OH is 1. The number of nitrogens with one attached hydrogen (secondary N) is 2. The fourth-order valence-electron chi connectivity index (χ4n) is 2.84. The van der Waals surface area contributed by atoms with E-state index in [2.05, 4.69) is 25.5 Å². The number of hydrogen-bond donors (Lipinski definition) is 3. The molecule has 3 N–H and O–H groups in total. The first kappa shape index (κ1) is 17.4. The van der Waals surface area contributed by atoms with E-state index in [0.29, 0.717) is 16.5 Å². The van der Waals surface area contributed by atoms with Crippen LogP contribution >= 0.6 is 11.6 Å². The first-order chi connectivity index (χ1) is 12.2. The highest BCUT2D eigenvalue weighted by Crippen LogP contribution is 2.24. The second-order valence-electron chi connectivity index (χ2n) is 5.84. The van der Waals surface area contributed by atoms with E-state index in [9.17, 15) is 9.90 Å². The molecule has 1 aromatic heterocycles. The van der Waals surface area contributed by atoms with Gasteiger partial charge in [0.25, 0.3) is 0 Å². The predicted molar refractivity (Wildman–Crippen MR) is 98.1 cm³/mol. The molecule has 7 nitrogen and oxygen atoms in total. The number of aliphatic hydroxyl groups is 1. The molecule has 0 bridgehead atoms. The maximum Gasteiger partial charge on any atom is 0.243 e. The molecule has 1 aliphatic rings. The van der Waals surface area contributed by atoms with E-state index in [0.717, 1.165) is 25.2 Å². The van der Waals surface area contributed by atoms with E-state index in [-0.39, 0.29) is 25.1 Å². The van der Waals surface area contributed by atoms with Gasteiger partial charge in [0.05, 0.1) is 19.2 Å². The number of halogens is 1. The number of carbonyl (C=O) groups excluding carboxylic acids is 1. The number of hydrogen-bond acceptors (Lipinski definition) is 6. The van der Waals surface area contributed by atoms with Gasteiger partial charge in [0, 0.05) is 23.3 Å². The van der Waals surface area contributed by atoms with E-state index in [1.165, 1.54) is 6.33 Å². The van der Waals surface area contributed by atoms with Crippen LogP contribution < -0.4 is 15.5 Å². The van der Waals surface area contributed by atoms with Crippen molar-refractivity contribution in [1.29, 1.82) is 0 Å². The van der Waals surface area contributed by atoms with Crippen molar-refractivity contribution in [1.82, 2.24) is 9.97 Å². The highest BCUT2D eigenvalue weighted by Gasteiger charge is 2.25. The number of carbonyl (C=O) groups is 1. The summed E-state index contributed by atoms with van der Waals surface area (Å²) in [6, 6.07) is 8.81. The van der Waals surface area contributed by atoms with Gasteiger partial charge in [-0.15, -0.1) is 0 Å². The van der Waals surface area contributed by atoms with Gasteiger partial charge in [-0.2, -0.15) is 0 Å².